The van der Waals surface area contributed by atoms with Gasteiger partial charge in [0.2, 0.25) is 10.0 Å². The van der Waals surface area contributed by atoms with Gasteiger partial charge in [0, 0.05) is 23.8 Å². The molecule has 1 aliphatic rings. The number of aryl methyl sites for hydroxylation is 1. The predicted octanol–water partition coefficient (Wildman–Crippen LogP) is 2.60. The Morgan fingerprint density at radius 3 is 2.50 bits per heavy atom. The van der Waals surface area contributed by atoms with E-state index in [0.717, 1.165) is 5.56 Å². The molecule has 1 fully saturated rings. The SMILES string of the molecule is Cc1ccc(S(=O)(=O)N2C[C@@H](Cl)C[C@H]2CCl)cc1. The molecule has 100 valence electrons. The smallest absolute Gasteiger partial charge is 0.207 e. The second-order valence-corrected chi connectivity index (χ2v) is 7.35. The lowest BCUT2D eigenvalue weighted by atomic mass is 10.2. The molecule has 0 amide bonds. The van der Waals surface area contributed by atoms with E-state index in [-0.39, 0.29) is 17.3 Å². The molecular weight excluding hydrogens is 293 g/mol. The first-order chi connectivity index (χ1) is 8.45. The molecule has 1 aromatic carbocycles. The van der Waals surface area contributed by atoms with Crippen molar-refractivity contribution in [1.82, 2.24) is 4.31 Å². The molecule has 3 nitrogen and oxygen atoms in total. The second kappa shape index (κ2) is 5.37. The van der Waals surface area contributed by atoms with Crippen LogP contribution in [-0.4, -0.2) is 36.6 Å². The van der Waals surface area contributed by atoms with Crippen molar-refractivity contribution in [2.45, 2.75) is 29.7 Å². The minimum absolute atomic E-state index is 0.158. The fourth-order valence-corrected chi connectivity index (χ4v) is 4.60. The van der Waals surface area contributed by atoms with E-state index in [1.165, 1.54) is 4.31 Å². The standard InChI is InChI=1S/C12H15Cl2NO2S/c1-9-2-4-12(5-3-9)18(16,17)15-8-10(14)6-11(15)7-13/h2-5,10-11H,6-8H2,1H3/t10-,11-/m0/s1. The zero-order valence-corrected chi connectivity index (χ0v) is 12.3. The van der Waals surface area contributed by atoms with Crippen molar-refractivity contribution in [3.63, 3.8) is 0 Å². The maximum absolute atomic E-state index is 12.5. The fraction of sp³-hybridized carbons (Fsp3) is 0.500. The summed E-state index contributed by atoms with van der Waals surface area (Å²) in [6.45, 7) is 2.25. The minimum Gasteiger partial charge on any atom is -0.207 e. The Labute approximate surface area is 118 Å². The highest BCUT2D eigenvalue weighted by Crippen LogP contribution is 2.29. The highest BCUT2D eigenvalue weighted by atomic mass is 35.5. The third kappa shape index (κ3) is 2.67. The van der Waals surface area contributed by atoms with Gasteiger partial charge < -0.3 is 0 Å². The van der Waals surface area contributed by atoms with Crippen LogP contribution in [0.25, 0.3) is 0 Å². The van der Waals surface area contributed by atoms with Crippen LogP contribution >= 0.6 is 23.2 Å². The largest absolute Gasteiger partial charge is 0.243 e. The molecule has 0 saturated carbocycles. The van der Waals surface area contributed by atoms with E-state index in [4.69, 9.17) is 23.2 Å². The zero-order chi connectivity index (χ0) is 13.3. The average Bonchev–Trinajstić information content (AvgIpc) is 2.72. The van der Waals surface area contributed by atoms with E-state index in [9.17, 15) is 8.42 Å². The van der Waals surface area contributed by atoms with Crippen molar-refractivity contribution in [2.75, 3.05) is 12.4 Å². The normalized spacial score (nSPS) is 25.5. The van der Waals surface area contributed by atoms with E-state index in [2.05, 4.69) is 0 Å². The van der Waals surface area contributed by atoms with Gasteiger partial charge >= 0.3 is 0 Å². The van der Waals surface area contributed by atoms with Crippen molar-refractivity contribution in [3.05, 3.63) is 29.8 Å². The molecule has 0 bridgehead atoms. The number of sulfonamides is 1. The van der Waals surface area contributed by atoms with E-state index >= 15 is 0 Å². The molecule has 0 unspecified atom stereocenters. The molecular formula is C12H15Cl2NO2S. The Kier molecular flexibility index (Phi) is 4.22. The van der Waals surface area contributed by atoms with Crippen LogP contribution in [0, 0.1) is 6.92 Å². The maximum atomic E-state index is 12.5. The summed E-state index contributed by atoms with van der Waals surface area (Å²) in [7, 11) is -3.49. The van der Waals surface area contributed by atoms with Crippen molar-refractivity contribution >= 4 is 33.2 Å². The van der Waals surface area contributed by atoms with Gasteiger partial charge in [-0.2, -0.15) is 4.31 Å². The molecule has 2 atom stereocenters. The van der Waals surface area contributed by atoms with Crippen molar-refractivity contribution in [2.24, 2.45) is 0 Å². The molecule has 0 spiro atoms. The Bertz CT molecular complexity index is 515. The molecule has 1 aromatic rings. The summed E-state index contributed by atoms with van der Waals surface area (Å²) in [5.41, 5.74) is 1.03. The van der Waals surface area contributed by atoms with Crippen LogP contribution in [0.4, 0.5) is 0 Å². The van der Waals surface area contributed by atoms with Crippen molar-refractivity contribution < 1.29 is 8.42 Å². The van der Waals surface area contributed by atoms with Crippen LogP contribution in [-0.2, 0) is 10.0 Å². The highest BCUT2D eigenvalue weighted by Gasteiger charge is 2.38. The summed E-state index contributed by atoms with van der Waals surface area (Å²) < 4.78 is 26.4. The predicted molar refractivity (Wildman–Crippen MR) is 73.8 cm³/mol. The number of rotatable bonds is 3. The molecule has 6 heteroatoms. The average molecular weight is 308 g/mol. The first-order valence-electron chi connectivity index (χ1n) is 5.73. The Morgan fingerprint density at radius 2 is 1.94 bits per heavy atom. The number of nitrogens with zero attached hydrogens (tertiary/aromatic N) is 1. The minimum atomic E-state index is -3.49. The van der Waals surface area contributed by atoms with E-state index in [0.29, 0.717) is 17.9 Å². The van der Waals surface area contributed by atoms with Crippen LogP contribution in [0.1, 0.15) is 12.0 Å². The first kappa shape index (κ1) is 14.1. The van der Waals surface area contributed by atoms with Crippen molar-refractivity contribution in [1.29, 1.82) is 0 Å². The molecule has 1 heterocycles. The lowest BCUT2D eigenvalue weighted by molar-refractivity contribution is 0.411. The lowest BCUT2D eigenvalue weighted by Gasteiger charge is -2.22. The van der Waals surface area contributed by atoms with Gasteiger partial charge in [0.25, 0.3) is 0 Å². The molecule has 0 aromatic heterocycles. The van der Waals surface area contributed by atoms with Crippen molar-refractivity contribution in [3.8, 4) is 0 Å². The van der Waals surface area contributed by atoms with E-state index < -0.39 is 10.0 Å². The third-order valence-electron chi connectivity index (χ3n) is 3.12. The number of benzene rings is 1. The van der Waals surface area contributed by atoms with Gasteiger partial charge in [-0.15, -0.1) is 23.2 Å². The Hall–Kier alpha value is -0.290. The van der Waals surface area contributed by atoms with Gasteiger partial charge in [-0.05, 0) is 25.5 Å². The topological polar surface area (TPSA) is 37.4 Å². The molecule has 0 radical (unpaired) electrons. The number of hydrogen-bond donors (Lipinski definition) is 0. The second-order valence-electron chi connectivity index (χ2n) is 4.53. The number of hydrogen-bond acceptors (Lipinski definition) is 2. The summed E-state index contributed by atoms with van der Waals surface area (Å²) in [5, 5.41) is -0.158. The summed E-state index contributed by atoms with van der Waals surface area (Å²) in [4.78, 5) is 0.300. The summed E-state index contributed by atoms with van der Waals surface area (Å²) in [6.07, 6.45) is 0.607. The monoisotopic (exact) mass is 307 g/mol. The molecule has 1 aliphatic heterocycles. The Balaban J connectivity index is 2.33. The van der Waals surface area contributed by atoms with Crippen LogP contribution < -0.4 is 0 Å². The van der Waals surface area contributed by atoms with Gasteiger partial charge in [0.1, 0.15) is 0 Å². The third-order valence-corrected chi connectivity index (χ3v) is 5.72. The molecule has 18 heavy (non-hydrogen) atoms. The molecule has 1 saturated heterocycles. The highest BCUT2D eigenvalue weighted by molar-refractivity contribution is 7.89. The summed E-state index contributed by atoms with van der Waals surface area (Å²) in [6, 6.07) is 6.61. The zero-order valence-electron chi connectivity index (χ0n) is 10.0. The van der Waals surface area contributed by atoms with Gasteiger partial charge in [0.15, 0.2) is 0 Å². The van der Waals surface area contributed by atoms with Gasteiger partial charge in [-0.25, -0.2) is 8.42 Å². The number of halogens is 2. The summed E-state index contributed by atoms with van der Waals surface area (Å²) in [5.74, 6) is 0.272. The van der Waals surface area contributed by atoms with Crippen LogP contribution in [0.3, 0.4) is 0 Å². The van der Waals surface area contributed by atoms with E-state index in [1.807, 2.05) is 6.92 Å². The molecule has 0 N–H and O–H groups in total. The maximum Gasteiger partial charge on any atom is 0.243 e. The lowest BCUT2D eigenvalue weighted by Crippen LogP contribution is -2.36. The quantitative estimate of drug-likeness (QED) is 0.805. The fourth-order valence-electron chi connectivity index (χ4n) is 2.11. The number of alkyl halides is 2. The Morgan fingerprint density at radius 1 is 1.33 bits per heavy atom. The molecule has 2 rings (SSSR count). The van der Waals surface area contributed by atoms with Gasteiger partial charge in [-0.1, -0.05) is 17.7 Å². The van der Waals surface area contributed by atoms with Crippen LogP contribution in [0.15, 0.2) is 29.2 Å². The van der Waals surface area contributed by atoms with Gasteiger partial charge in [0.05, 0.1) is 4.90 Å². The van der Waals surface area contributed by atoms with Crippen LogP contribution in [0.5, 0.6) is 0 Å². The first-order valence-corrected chi connectivity index (χ1v) is 8.15. The van der Waals surface area contributed by atoms with Gasteiger partial charge in [-0.3, -0.25) is 0 Å². The summed E-state index contributed by atoms with van der Waals surface area (Å²) >= 11 is 11.9. The van der Waals surface area contributed by atoms with E-state index in [1.54, 1.807) is 24.3 Å². The molecule has 0 aliphatic carbocycles. The van der Waals surface area contributed by atoms with Crippen LogP contribution in [0.2, 0.25) is 0 Å².